The van der Waals surface area contributed by atoms with Crippen LogP contribution in [0.4, 0.5) is 0 Å². The molecule has 33 heavy (non-hydrogen) atoms. The molecule has 1 spiro atoms. The van der Waals surface area contributed by atoms with Crippen LogP contribution in [0.2, 0.25) is 0 Å². The van der Waals surface area contributed by atoms with Crippen molar-refractivity contribution in [1.29, 1.82) is 0 Å². The maximum atomic E-state index is 11.7. The Kier molecular flexibility index (Phi) is 5.03. The van der Waals surface area contributed by atoms with Crippen molar-refractivity contribution in [1.82, 2.24) is 0 Å². The van der Waals surface area contributed by atoms with Gasteiger partial charge in [0.2, 0.25) is 0 Å². The van der Waals surface area contributed by atoms with E-state index in [-0.39, 0.29) is 23.9 Å². The smallest absolute Gasteiger partial charge is 0.171 e. The fraction of sp³-hybridized carbons (Fsp3) is 1.00. The lowest BCUT2D eigenvalue weighted by Crippen LogP contribution is -2.70. The van der Waals surface area contributed by atoms with Crippen LogP contribution in [0.25, 0.3) is 0 Å². The molecule has 0 bridgehead atoms. The Morgan fingerprint density at radius 2 is 1.61 bits per heavy atom. The van der Waals surface area contributed by atoms with Gasteiger partial charge in [-0.05, 0) is 73.5 Å². The highest BCUT2D eigenvalue weighted by Crippen LogP contribution is 2.71. The third kappa shape index (κ3) is 2.83. The lowest BCUT2D eigenvalue weighted by atomic mass is 9.42. The van der Waals surface area contributed by atoms with Crippen LogP contribution in [-0.2, 0) is 9.47 Å². The van der Waals surface area contributed by atoms with Crippen molar-refractivity contribution in [3.63, 3.8) is 0 Å². The van der Waals surface area contributed by atoms with Crippen LogP contribution in [0.1, 0.15) is 79.1 Å². The van der Waals surface area contributed by atoms with Crippen LogP contribution in [0.3, 0.4) is 0 Å². The third-order valence-corrected chi connectivity index (χ3v) is 12.2. The van der Waals surface area contributed by atoms with Crippen LogP contribution >= 0.6 is 0 Å². The van der Waals surface area contributed by atoms with Crippen LogP contribution < -0.4 is 0 Å². The average Bonchev–Trinajstić information content (AvgIpc) is 3.19. The van der Waals surface area contributed by atoms with E-state index in [0.717, 1.165) is 38.7 Å². The molecule has 0 radical (unpaired) electrons. The van der Waals surface area contributed by atoms with E-state index < -0.39 is 35.1 Å². The molecule has 14 atom stereocenters. The van der Waals surface area contributed by atoms with Gasteiger partial charge in [-0.15, -0.1) is 0 Å². The molecule has 0 aromatic carbocycles. The minimum Gasteiger partial charge on any atom is -0.390 e. The van der Waals surface area contributed by atoms with Crippen LogP contribution in [0.5, 0.6) is 0 Å². The molecule has 6 nitrogen and oxygen atoms in total. The zero-order valence-electron chi connectivity index (χ0n) is 20.7. The first kappa shape index (κ1) is 23.2. The first-order valence-electron chi connectivity index (χ1n) is 13.5. The van der Waals surface area contributed by atoms with Crippen molar-refractivity contribution in [3.8, 4) is 0 Å². The van der Waals surface area contributed by atoms with E-state index >= 15 is 0 Å². The number of aliphatic hydroxyl groups is 4. The van der Waals surface area contributed by atoms with E-state index in [0.29, 0.717) is 42.4 Å². The second-order valence-corrected chi connectivity index (χ2v) is 13.5. The molecule has 2 aliphatic heterocycles. The van der Waals surface area contributed by atoms with Crippen LogP contribution in [0.15, 0.2) is 0 Å². The highest BCUT2D eigenvalue weighted by Gasteiger charge is 2.72. The van der Waals surface area contributed by atoms with Gasteiger partial charge in [-0.1, -0.05) is 27.7 Å². The van der Waals surface area contributed by atoms with Gasteiger partial charge in [-0.2, -0.15) is 0 Å². The Hall–Kier alpha value is -0.240. The van der Waals surface area contributed by atoms with E-state index in [2.05, 4.69) is 27.7 Å². The Labute approximate surface area is 198 Å². The predicted octanol–water partition coefficient (Wildman–Crippen LogP) is 2.85. The van der Waals surface area contributed by atoms with E-state index in [1.165, 1.54) is 0 Å². The quantitative estimate of drug-likeness (QED) is 0.440. The summed E-state index contributed by atoms with van der Waals surface area (Å²) in [5.41, 5.74) is -1.79. The van der Waals surface area contributed by atoms with Crippen molar-refractivity contribution in [2.24, 2.45) is 46.3 Å². The monoisotopic (exact) mass is 464 g/mol. The van der Waals surface area contributed by atoms with E-state index in [1.54, 1.807) is 0 Å². The van der Waals surface area contributed by atoms with Gasteiger partial charge in [-0.3, -0.25) is 0 Å². The number of fused-ring (bicyclic) bond motifs is 7. The maximum absolute atomic E-state index is 11.7. The molecule has 6 fully saturated rings. The van der Waals surface area contributed by atoms with Crippen molar-refractivity contribution >= 4 is 0 Å². The summed E-state index contributed by atoms with van der Waals surface area (Å²) in [6, 6.07) is 0. The summed E-state index contributed by atoms with van der Waals surface area (Å²) in [5.74, 6) is 1.97. The molecule has 0 aromatic rings. The fourth-order valence-electron chi connectivity index (χ4n) is 10.3. The standard InChI is InChI=1S/C27H44O6/c1-14-5-8-27(32-13-14)15(2)23-21(33-27)10-18-16-9-22(30)26(31)12-20(29)19(28)11-25(26,4)17(16)6-7-24(18,23)3/h14-23,28-31H,5-13H2,1-4H3/t14?,15-,16+,17-,18?,19+,20+,21-,22+,23?,24-,25+,26-,27+/m0/s1. The molecule has 4 N–H and O–H groups in total. The van der Waals surface area contributed by atoms with Crippen molar-refractivity contribution in [2.75, 3.05) is 6.61 Å². The lowest BCUT2D eigenvalue weighted by molar-refractivity contribution is -0.286. The fourth-order valence-corrected chi connectivity index (χ4v) is 10.3. The summed E-state index contributed by atoms with van der Waals surface area (Å²) in [4.78, 5) is 0. The molecule has 2 saturated heterocycles. The molecule has 4 aliphatic carbocycles. The zero-order chi connectivity index (χ0) is 23.6. The first-order chi connectivity index (χ1) is 15.5. The summed E-state index contributed by atoms with van der Waals surface area (Å²) in [7, 11) is 0. The molecule has 4 saturated carbocycles. The molecule has 6 aliphatic rings. The second kappa shape index (κ2) is 7.17. The third-order valence-electron chi connectivity index (χ3n) is 12.2. The minimum absolute atomic E-state index is 0.0562. The molecule has 0 aromatic heterocycles. The second-order valence-electron chi connectivity index (χ2n) is 13.5. The summed E-state index contributed by atoms with van der Waals surface area (Å²) in [6.45, 7) is 9.90. The number of ether oxygens (including phenoxy) is 2. The van der Waals surface area contributed by atoms with Gasteiger partial charge in [0.1, 0.15) is 0 Å². The number of rotatable bonds is 0. The van der Waals surface area contributed by atoms with Crippen LogP contribution in [-0.4, -0.2) is 62.8 Å². The molecule has 188 valence electrons. The van der Waals surface area contributed by atoms with Gasteiger partial charge in [-0.25, -0.2) is 0 Å². The number of hydrogen-bond donors (Lipinski definition) is 4. The van der Waals surface area contributed by atoms with E-state index in [9.17, 15) is 20.4 Å². The molecule has 6 rings (SSSR count). The summed E-state index contributed by atoms with van der Waals surface area (Å²) < 4.78 is 13.2. The maximum Gasteiger partial charge on any atom is 0.171 e. The molecular weight excluding hydrogens is 420 g/mol. The largest absolute Gasteiger partial charge is 0.390 e. The molecule has 0 amide bonds. The molecule has 6 heteroatoms. The van der Waals surface area contributed by atoms with Gasteiger partial charge < -0.3 is 29.9 Å². The Morgan fingerprint density at radius 1 is 0.879 bits per heavy atom. The van der Waals surface area contributed by atoms with E-state index in [1.807, 2.05) is 0 Å². The molecule has 2 heterocycles. The predicted molar refractivity (Wildman–Crippen MR) is 122 cm³/mol. The number of aliphatic hydroxyl groups excluding tert-OH is 3. The van der Waals surface area contributed by atoms with Crippen molar-refractivity contribution in [3.05, 3.63) is 0 Å². The SMILES string of the molecule is CC1CC[C@@]2(OC1)O[C@H]1CC3[C@@H]4C[C@@H](O)[C@@]5(O)C[C@@H](O)[C@H](O)C[C@]5(C)[C@H]4CC[C@]3(C)C1[C@@H]2C. The van der Waals surface area contributed by atoms with Gasteiger partial charge in [0.05, 0.1) is 36.6 Å². The first-order valence-corrected chi connectivity index (χ1v) is 13.5. The van der Waals surface area contributed by atoms with Gasteiger partial charge in [0.15, 0.2) is 5.79 Å². The topological polar surface area (TPSA) is 99.4 Å². The normalized spacial score (nSPS) is 64.7. The van der Waals surface area contributed by atoms with Gasteiger partial charge in [0, 0.05) is 24.2 Å². The number of hydrogen-bond acceptors (Lipinski definition) is 6. The Balaban J connectivity index is 1.30. The Bertz CT molecular complexity index is 795. The van der Waals surface area contributed by atoms with Crippen molar-refractivity contribution in [2.45, 2.75) is 115 Å². The molecular formula is C27H44O6. The summed E-state index contributed by atoms with van der Waals surface area (Å²) >= 11 is 0. The molecule has 3 unspecified atom stereocenters. The minimum atomic E-state index is -1.34. The van der Waals surface area contributed by atoms with Crippen LogP contribution in [0, 0.1) is 46.3 Å². The lowest BCUT2D eigenvalue weighted by Gasteiger charge is -2.66. The highest BCUT2D eigenvalue weighted by molar-refractivity contribution is 5.20. The van der Waals surface area contributed by atoms with Gasteiger partial charge in [0.25, 0.3) is 0 Å². The van der Waals surface area contributed by atoms with Crippen molar-refractivity contribution < 1.29 is 29.9 Å². The Morgan fingerprint density at radius 3 is 2.30 bits per heavy atom. The highest BCUT2D eigenvalue weighted by atomic mass is 16.7. The summed E-state index contributed by atoms with van der Waals surface area (Å²) in [5, 5.41) is 43.8. The van der Waals surface area contributed by atoms with Gasteiger partial charge >= 0.3 is 0 Å². The summed E-state index contributed by atoms with van der Waals surface area (Å²) in [6.07, 6.45) is 3.71. The average molecular weight is 465 g/mol. The van der Waals surface area contributed by atoms with E-state index in [4.69, 9.17) is 9.47 Å². The zero-order valence-corrected chi connectivity index (χ0v) is 20.7.